The van der Waals surface area contributed by atoms with E-state index in [1.54, 1.807) is 11.1 Å². The van der Waals surface area contributed by atoms with E-state index in [4.69, 9.17) is 0 Å². The van der Waals surface area contributed by atoms with Crippen molar-refractivity contribution in [1.29, 1.82) is 0 Å². The Morgan fingerprint density at radius 1 is 0.640 bits per heavy atom. The molecule has 2 aliphatic carbocycles. The number of hydrogen-bond acceptors (Lipinski definition) is 0. The van der Waals surface area contributed by atoms with E-state index in [1.807, 2.05) is 0 Å². The summed E-state index contributed by atoms with van der Waals surface area (Å²) < 4.78 is 1.34. The third kappa shape index (κ3) is 3.43. The van der Waals surface area contributed by atoms with E-state index >= 15 is 0 Å². The summed E-state index contributed by atoms with van der Waals surface area (Å²) in [7, 11) is 0. The molecule has 0 aliphatic heterocycles. The molecule has 0 radical (unpaired) electrons. The van der Waals surface area contributed by atoms with Crippen LogP contribution in [-0.4, -0.2) is 0 Å². The number of allylic oxidation sites excluding steroid dienone is 4. The summed E-state index contributed by atoms with van der Waals surface area (Å²) in [5, 5.41) is 0. The van der Waals surface area contributed by atoms with Crippen LogP contribution in [0, 0.1) is 13.8 Å². The van der Waals surface area contributed by atoms with E-state index in [2.05, 4.69) is 76.2 Å². The standard InChI is InChI=1S/2C11H11.2ClH.Ti/c2*1-8-4-3-5-10-7-6-9(2)11(8)10;;;/h2*3-7H,1-2H3;2*1H;/q;;;;+2/p-2. The molecule has 2 atom stereocenters. The Kier molecular flexibility index (Phi) is 6.44. The van der Waals surface area contributed by atoms with Gasteiger partial charge in [-0.3, -0.25) is 0 Å². The zero-order valence-electron chi connectivity index (χ0n) is 15.0. The predicted octanol–water partition coefficient (Wildman–Crippen LogP) is 0.0101. The first-order valence-corrected chi connectivity index (χ1v) is 10.2. The zero-order chi connectivity index (χ0) is 16.1. The normalized spacial score (nSPS) is 19.7. The summed E-state index contributed by atoms with van der Waals surface area (Å²) in [6.45, 7) is 9.06. The molecule has 0 bridgehead atoms. The van der Waals surface area contributed by atoms with Crippen LogP contribution in [0.4, 0.5) is 0 Å². The minimum absolute atomic E-state index is 0. The van der Waals surface area contributed by atoms with Crippen LogP contribution < -0.4 is 24.8 Å². The largest absolute Gasteiger partial charge is 1.00 e. The van der Waals surface area contributed by atoms with Gasteiger partial charge in [-0.25, -0.2) is 0 Å². The minimum Gasteiger partial charge on any atom is -1.00 e. The second-order valence-electron chi connectivity index (χ2n) is 6.90. The van der Waals surface area contributed by atoms with Crippen molar-refractivity contribution in [3.8, 4) is 0 Å². The Labute approximate surface area is 172 Å². The van der Waals surface area contributed by atoms with Gasteiger partial charge in [-0.05, 0) is 0 Å². The van der Waals surface area contributed by atoms with Crippen molar-refractivity contribution in [3.63, 3.8) is 0 Å². The molecule has 0 heterocycles. The summed E-state index contributed by atoms with van der Waals surface area (Å²) >= 11 is -0.153. The van der Waals surface area contributed by atoms with Gasteiger partial charge in [0.1, 0.15) is 0 Å². The van der Waals surface area contributed by atoms with Crippen molar-refractivity contribution in [3.05, 3.63) is 81.9 Å². The molecule has 2 unspecified atom stereocenters. The molecule has 3 heteroatoms. The third-order valence-electron chi connectivity index (χ3n) is 5.26. The first-order valence-electron chi connectivity index (χ1n) is 8.39. The van der Waals surface area contributed by atoms with E-state index in [0.717, 1.165) is 0 Å². The maximum Gasteiger partial charge on any atom is -1.00 e. The van der Waals surface area contributed by atoms with Gasteiger partial charge in [0, 0.05) is 0 Å². The number of halogens is 2. The molecule has 128 valence electrons. The van der Waals surface area contributed by atoms with Crippen molar-refractivity contribution < 1.29 is 44.0 Å². The van der Waals surface area contributed by atoms with Crippen LogP contribution in [0.3, 0.4) is 0 Å². The topological polar surface area (TPSA) is 0 Å². The molecule has 0 amide bonds. The quantitative estimate of drug-likeness (QED) is 0.618. The molecule has 2 aliphatic rings. The Morgan fingerprint density at radius 3 is 1.44 bits per heavy atom. The second-order valence-corrected chi connectivity index (χ2v) is 9.36. The summed E-state index contributed by atoms with van der Waals surface area (Å²) in [5.74, 6) is 0. The van der Waals surface area contributed by atoms with Gasteiger partial charge in [0.15, 0.2) is 0 Å². The molecule has 0 saturated heterocycles. The monoisotopic (exact) mass is 404 g/mol. The molecule has 2 aromatic rings. The number of fused-ring (bicyclic) bond motifs is 2. The molecule has 0 aromatic heterocycles. The SMILES string of the molecule is CC1=C[CH]([Ti+2][CH]2C=C(C)c3c(C)cccc32)c2cccc(C)c21.[Cl-].[Cl-]. The van der Waals surface area contributed by atoms with Crippen LogP contribution in [0.25, 0.3) is 11.1 Å². The maximum absolute atomic E-state index is 2.54. The third-order valence-corrected chi connectivity index (χ3v) is 7.87. The molecule has 25 heavy (non-hydrogen) atoms. The van der Waals surface area contributed by atoms with Gasteiger partial charge in [0.2, 0.25) is 0 Å². The summed E-state index contributed by atoms with van der Waals surface area (Å²) in [6, 6.07) is 13.7. The van der Waals surface area contributed by atoms with E-state index in [-0.39, 0.29) is 44.0 Å². The maximum atomic E-state index is 2.54. The molecule has 0 N–H and O–H groups in total. The zero-order valence-corrected chi connectivity index (χ0v) is 18.1. The van der Waals surface area contributed by atoms with Crippen molar-refractivity contribution in [2.24, 2.45) is 0 Å². The van der Waals surface area contributed by atoms with Crippen molar-refractivity contribution in [1.82, 2.24) is 0 Å². The van der Waals surface area contributed by atoms with E-state index in [1.165, 1.54) is 33.4 Å². The van der Waals surface area contributed by atoms with E-state index in [9.17, 15) is 0 Å². The van der Waals surface area contributed by atoms with Gasteiger partial charge in [-0.15, -0.1) is 0 Å². The predicted molar refractivity (Wildman–Crippen MR) is 95.1 cm³/mol. The van der Waals surface area contributed by atoms with Gasteiger partial charge < -0.3 is 24.8 Å². The Bertz CT molecular complexity index is 793. The molecule has 0 spiro atoms. The fraction of sp³-hybridized carbons (Fsp3) is 0.273. The van der Waals surface area contributed by atoms with Crippen molar-refractivity contribution in [2.45, 2.75) is 36.1 Å². The van der Waals surface area contributed by atoms with Crippen molar-refractivity contribution in [2.75, 3.05) is 0 Å². The number of hydrogen-bond donors (Lipinski definition) is 0. The van der Waals surface area contributed by atoms with Gasteiger partial charge in [-0.1, -0.05) is 0 Å². The summed E-state index contributed by atoms with van der Waals surface area (Å²) in [4.78, 5) is 0. The smallest absolute Gasteiger partial charge is 1.00 e. The number of rotatable bonds is 2. The molecule has 0 nitrogen and oxygen atoms in total. The average molecular weight is 405 g/mol. The first kappa shape index (κ1) is 20.5. The van der Waals surface area contributed by atoms with Crippen LogP contribution >= 0.6 is 0 Å². The molecule has 0 fully saturated rings. The molecule has 2 aromatic carbocycles. The van der Waals surface area contributed by atoms with E-state index in [0.29, 0.717) is 8.45 Å². The van der Waals surface area contributed by atoms with Crippen LogP contribution in [0.15, 0.2) is 48.6 Å². The van der Waals surface area contributed by atoms with Crippen molar-refractivity contribution >= 4 is 11.1 Å². The fourth-order valence-corrected chi connectivity index (χ4v) is 7.29. The van der Waals surface area contributed by atoms with Gasteiger partial charge in [0.05, 0.1) is 0 Å². The number of benzene rings is 2. The minimum atomic E-state index is -0.153. The van der Waals surface area contributed by atoms with Crippen LogP contribution in [0.5, 0.6) is 0 Å². The molecular weight excluding hydrogens is 383 g/mol. The van der Waals surface area contributed by atoms with Crippen LogP contribution in [0.2, 0.25) is 0 Å². The fourth-order valence-electron chi connectivity index (χ4n) is 4.29. The van der Waals surface area contributed by atoms with Crippen LogP contribution in [-0.2, 0) is 19.2 Å². The Hall–Kier alpha value is -0.786. The van der Waals surface area contributed by atoms with E-state index < -0.39 is 0 Å². The van der Waals surface area contributed by atoms with Gasteiger partial charge in [0.25, 0.3) is 0 Å². The Morgan fingerprint density at radius 2 is 1.04 bits per heavy atom. The second kappa shape index (κ2) is 7.84. The Balaban J connectivity index is 0.00000113. The van der Waals surface area contributed by atoms with Gasteiger partial charge >= 0.3 is 148 Å². The molecule has 0 saturated carbocycles. The molecule has 4 rings (SSSR count). The summed E-state index contributed by atoms with van der Waals surface area (Å²) in [6.07, 6.45) is 5.07. The average Bonchev–Trinajstić information content (AvgIpc) is 3.00. The summed E-state index contributed by atoms with van der Waals surface area (Å²) in [5.41, 5.74) is 12.0. The molecular formula is C22H22Cl2Ti. The first-order chi connectivity index (χ1) is 11.1. The number of aryl methyl sites for hydroxylation is 2. The van der Waals surface area contributed by atoms with Gasteiger partial charge in [-0.2, -0.15) is 0 Å². The van der Waals surface area contributed by atoms with Crippen LogP contribution in [0.1, 0.15) is 55.7 Å².